The molecule has 0 saturated carbocycles. The van der Waals surface area contributed by atoms with Crippen LogP contribution in [-0.4, -0.2) is 12.1 Å². The molecule has 1 aromatic rings. The second-order valence-corrected chi connectivity index (χ2v) is 6.39. The van der Waals surface area contributed by atoms with Crippen LogP contribution in [0.1, 0.15) is 46.1 Å². The summed E-state index contributed by atoms with van der Waals surface area (Å²) in [6, 6.07) is 8.18. The smallest absolute Gasteiger partial charge is 0.0408 e. The summed E-state index contributed by atoms with van der Waals surface area (Å²) >= 11 is 6.03. The van der Waals surface area contributed by atoms with Crippen LogP contribution in [0.2, 0.25) is 5.02 Å². The Bertz CT molecular complexity index is 354. The molecule has 0 heterocycles. The molecular weight excluding hydrogens is 230 g/mol. The standard InChI is InChI=1S/C15H24ClN/c1-11(10-17-15(3,4)5)12(2)13-7-6-8-14(16)9-13/h6-9,11-12,17H,10H2,1-5H3. The zero-order valence-electron chi connectivity index (χ0n) is 11.5. The van der Waals surface area contributed by atoms with Gasteiger partial charge >= 0.3 is 0 Å². The van der Waals surface area contributed by atoms with Crippen LogP contribution >= 0.6 is 11.6 Å². The van der Waals surface area contributed by atoms with Gasteiger partial charge < -0.3 is 5.32 Å². The molecule has 0 radical (unpaired) electrons. The Morgan fingerprint density at radius 1 is 1.24 bits per heavy atom. The van der Waals surface area contributed by atoms with E-state index in [0.29, 0.717) is 11.8 Å². The van der Waals surface area contributed by atoms with Crippen molar-refractivity contribution in [1.29, 1.82) is 0 Å². The first-order valence-electron chi connectivity index (χ1n) is 6.30. The topological polar surface area (TPSA) is 12.0 Å². The van der Waals surface area contributed by atoms with Crippen molar-refractivity contribution in [2.75, 3.05) is 6.54 Å². The van der Waals surface area contributed by atoms with Gasteiger partial charge in [0.05, 0.1) is 0 Å². The molecule has 1 rings (SSSR count). The van der Waals surface area contributed by atoms with Crippen molar-refractivity contribution in [1.82, 2.24) is 5.32 Å². The number of hydrogen-bond donors (Lipinski definition) is 1. The maximum absolute atomic E-state index is 6.03. The molecule has 0 bridgehead atoms. The zero-order chi connectivity index (χ0) is 13.1. The summed E-state index contributed by atoms with van der Waals surface area (Å²) in [6.07, 6.45) is 0. The average molecular weight is 254 g/mol. The number of benzene rings is 1. The van der Waals surface area contributed by atoms with Gasteiger partial charge in [0.15, 0.2) is 0 Å². The van der Waals surface area contributed by atoms with Gasteiger partial charge in [-0.3, -0.25) is 0 Å². The molecular formula is C15H24ClN. The van der Waals surface area contributed by atoms with Crippen molar-refractivity contribution in [2.24, 2.45) is 5.92 Å². The van der Waals surface area contributed by atoms with E-state index >= 15 is 0 Å². The molecule has 0 aliphatic rings. The average Bonchev–Trinajstić information content (AvgIpc) is 2.24. The highest BCUT2D eigenvalue weighted by Crippen LogP contribution is 2.26. The quantitative estimate of drug-likeness (QED) is 0.835. The summed E-state index contributed by atoms with van der Waals surface area (Å²) in [5.41, 5.74) is 1.50. The van der Waals surface area contributed by atoms with Crippen LogP contribution in [0.4, 0.5) is 0 Å². The van der Waals surface area contributed by atoms with Gasteiger partial charge in [-0.05, 0) is 56.8 Å². The fourth-order valence-corrected chi connectivity index (χ4v) is 1.96. The van der Waals surface area contributed by atoms with Gasteiger partial charge in [-0.1, -0.05) is 37.6 Å². The Balaban J connectivity index is 2.60. The van der Waals surface area contributed by atoms with Crippen LogP contribution < -0.4 is 5.32 Å². The van der Waals surface area contributed by atoms with E-state index in [-0.39, 0.29) is 5.54 Å². The maximum atomic E-state index is 6.03. The molecule has 0 aliphatic heterocycles. The van der Waals surface area contributed by atoms with Crippen LogP contribution in [0.25, 0.3) is 0 Å². The van der Waals surface area contributed by atoms with Crippen molar-refractivity contribution < 1.29 is 0 Å². The lowest BCUT2D eigenvalue weighted by Crippen LogP contribution is -2.39. The first-order chi connectivity index (χ1) is 7.79. The Kier molecular flexibility index (Phi) is 5.03. The molecule has 1 nitrogen and oxygen atoms in total. The first kappa shape index (κ1) is 14.5. The predicted octanol–water partition coefficient (Wildman–Crippen LogP) is 4.47. The normalized spacial score (nSPS) is 15.6. The Hall–Kier alpha value is -0.530. The Morgan fingerprint density at radius 3 is 2.41 bits per heavy atom. The minimum atomic E-state index is 0.183. The molecule has 0 aliphatic carbocycles. The fourth-order valence-electron chi connectivity index (χ4n) is 1.76. The van der Waals surface area contributed by atoms with Crippen LogP contribution in [0, 0.1) is 5.92 Å². The molecule has 0 saturated heterocycles. The molecule has 1 N–H and O–H groups in total. The second kappa shape index (κ2) is 5.88. The molecule has 96 valence electrons. The minimum absolute atomic E-state index is 0.183. The monoisotopic (exact) mass is 253 g/mol. The highest BCUT2D eigenvalue weighted by atomic mass is 35.5. The van der Waals surface area contributed by atoms with Gasteiger partial charge in [-0.25, -0.2) is 0 Å². The summed E-state index contributed by atoms with van der Waals surface area (Å²) in [4.78, 5) is 0. The van der Waals surface area contributed by atoms with E-state index in [9.17, 15) is 0 Å². The van der Waals surface area contributed by atoms with E-state index in [1.807, 2.05) is 12.1 Å². The van der Waals surface area contributed by atoms with E-state index in [2.05, 4.69) is 52.1 Å². The number of rotatable bonds is 4. The molecule has 0 aromatic heterocycles. The lowest BCUT2D eigenvalue weighted by molar-refractivity contribution is 0.359. The van der Waals surface area contributed by atoms with Crippen molar-refractivity contribution in [3.05, 3.63) is 34.9 Å². The second-order valence-electron chi connectivity index (χ2n) is 5.95. The van der Waals surface area contributed by atoms with Crippen molar-refractivity contribution in [2.45, 2.75) is 46.1 Å². The fraction of sp³-hybridized carbons (Fsp3) is 0.600. The van der Waals surface area contributed by atoms with Crippen LogP contribution in [0.3, 0.4) is 0 Å². The Morgan fingerprint density at radius 2 is 1.88 bits per heavy atom. The number of halogens is 1. The van der Waals surface area contributed by atoms with Gasteiger partial charge in [0.1, 0.15) is 0 Å². The summed E-state index contributed by atoms with van der Waals surface area (Å²) in [6.45, 7) is 12.2. The predicted molar refractivity (Wildman–Crippen MR) is 76.8 cm³/mol. The third-order valence-electron chi connectivity index (χ3n) is 3.18. The van der Waals surface area contributed by atoms with Gasteiger partial charge in [-0.2, -0.15) is 0 Å². The molecule has 0 fully saturated rings. The maximum Gasteiger partial charge on any atom is 0.0408 e. The molecule has 2 heteroatoms. The Labute approximate surface area is 111 Å². The zero-order valence-corrected chi connectivity index (χ0v) is 12.3. The van der Waals surface area contributed by atoms with E-state index in [1.165, 1.54) is 5.56 Å². The molecule has 2 unspecified atom stereocenters. The van der Waals surface area contributed by atoms with E-state index < -0.39 is 0 Å². The number of hydrogen-bond acceptors (Lipinski definition) is 1. The van der Waals surface area contributed by atoms with Gasteiger partial charge in [-0.15, -0.1) is 0 Å². The van der Waals surface area contributed by atoms with Crippen molar-refractivity contribution in [3.63, 3.8) is 0 Å². The summed E-state index contributed by atoms with van der Waals surface area (Å²) in [5.74, 6) is 1.11. The highest BCUT2D eigenvalue weighted by Gasteiger charge is 2.17. The summed E-state index contributed by atoms with van der Waals surface area (Å²) < 4.78 is 0. The molecule has 17 heavy (non-hydrogen) atoms. The van der Waals surface area contributed by atoms with E-state index in [1.54, 1.807) is 0 Å². The van der Waals surface area contributed by atoms with Crippen LogP contribution in [0.15, 0.2) is 24.3 Å². The van der Waals surface area contributed by atoms with Gasteiger partial charge in [0.25, 0.3) is 0 Å². The summed E-state index contributed by atoms with van der Waals surface area (Å²) in [5, 5.41) is 4.38. The van der Waals surface area contributed by atoms with Gasteiger partial charge in [0, 0.05) is 10.6 Å². The lowest BCUT2D eigenvalue weighted by Gasteiger charge is -2.27. The minimum Gasteiger partial charge on any atom is -0.312 e. The third-order valence-corrected chi connectivity index (χ3v) is 3.42. The number of nitrogens with one attached hydrogen (secondary N) is 1. The SMILES string of the molecule is CC(CNC(C)(C)C)C(C)c1cccc(Cl)c1. The molecule has 0 spiro atoms. The van der Waals surface area contributed by atoms with Crippen LogP contribution in [-0.2, 0) is 0 Å². The van der Waals surface area contributed by atoms with E-state index in [4.69, 9.17) is 11.6 Å². The lowest BCUT2D eigenvalue weighted by atomic mass is 9.88. The summed E-state index contributed by atoms with van der Waals surface area (Å²) in [7, 11) is 0. The molecule has 1 aromatic carbocycles. The highest BCUT2D eigenvalue weighted by molar-refractivity contribution is 6.30. The van der Waals surface area contributed by atoms with Gasteiger partial charge in [0.2, 0.25) is 0 Å². The molecule has 0 amide bonds. The third kappa shape index (κ3) is 5.10. The first-order valence-corrected chi connectivity index (χ1v) is 6.68. The van der Waals surface area contributed by atoms with Crippen molar-refractivity contribution in [3.8, 4) is 0 Å². The largest absolute Gasteiger partial charge is 0.312 e. The van der Waals surface area contributed by atoms with Crippen LogP contribution in [0.5, 0.6) is 0 Å². The van der Waals surface area contributed by atoms with Crippen molar-refractivity contribution >= 4 is 11.6 Å². The molecule has 2 atom stereocenters. The van der Waals surface area contributed by atoms with E-state index in [0.717, 1.165) is 11.6 Å².